The van der Waals surface area contributed by atoms with Gasteiger partial charge in [0.05, 0.1) is 12.2 Å². The first kappa shape index (κ1) is 15.3. The number of hydrogen-bond acceptors (Lipinski definition) is 3. The second-order valence-corrected chi connectivity index (χ2v) is 4.96. The van der Waals surface area contributed by atoms with Crippen molar-refractivity contribution in [2.24, 2.45) is 0 Å². The van der Waals surface area contributed by atoms with Gasteiger partial charge in [-0.05, 0) is 31.5 Å². The van der Waals surface area contributed by atoms with E-state index >= 15 is 0 Å². The molecule has 1 fully saturated rings. The lowest BCUT2D eigenvalue weighted by Gasteiger charge is -2.34. The molecule has 1 aliphatic rings. The maximum absolute atomic E-state index is 13.8. The van der Waals surface area contributed by atoms with Crippen LogP contribution in [0.1, 0.15) is 22.8 Å². The van der Waals surface area contributed by atoms with Gasteiger partial charge in [0.2, 0.25) is 0 Å². The number of rotatable bonds is 2. The van der Waals surface area contributed by atoms with E-state index in [-0.39, 0.29) is 17.6 Å². The summed E-state index contributed by atoms with van der Waals surface area (Å²) in [5.41, 5.74) is 0.848. The van der Waals surface area contributed by atoms with Crippen molar-refractivity contribution >= 4 is 12.0 Å². The Labute approximate surface area is 123 Å². The van der Waals surface area contributed by atoms with E-state index in [4.69, 9.17) is 4.74 Å². The molecule has 0 saturated carbocycles. The molecule has 1 aliphatic heterocycles. The summed E-state index contributed by atoms with van der Waals surface area (Å²) in [6, 6.07) is 4.57. The Hall–Kier alpha value is -2.11. The smallest absolute Gasteiger partial charge is 0.409 e. The van der Waals surface area contributed by atoms with E-state index in [0.717, 1.165) is 5.56 Å². The van der Waals surface area contributed by atoms with Crippen LogP contribution in [0, 0.1) is 12.7 Å². The Morgan fingerprint density at radius 3 is 2.38 bits per heavy atom. The first-order valence-corrected chi connectivity index (χ1v) is 7.00. The lowest BCUT2D eigenvalue weighted by atomic mass is 10.1. The van der Waals surface area contributed by atoms with Gasteiger partial charge >= 0.3 is 6.09 Å². The predicted molar refractivity (Wildman–Crippen MR) is 75.6 cm³/mol. The minimum Gasteiger partial charge on any atom is -0.450 e. The van der Waals surface area contributed by atoms with Crippen molar-refractivity contribution in [1.82, 2.24) is 9.80 Å². The molecule has 21 heavy (non-hydrogen) atoms. The molecule has 0 atom stereocenters. The molecule has 0 radical (unpaired) electrons. The van der Waals surface area contributed by atoms with Gasteiger partial charge in [-0.25, -0.2) is 9.18 Å². The molecule has 0 aliphatic carbocycles. The zero-order valence-electron chi connectivity index (χ0n) is 12.3. The predicted octanol–water partition coefficient (Wildman–Crippen LogP) is 2.05. The van der Waals surface area contributed by atoms with E-state index in [9.17, 15) is 14.0 Å². The second kappa shape index (κ2) is 6.56. The topological polar surface area (TPSA) is 49.9 Å². The Balaban J connectivity index is 1.98. The summed E-state index contributed by atoms with van der Waals surface area (Å²) in [5.74, 6) is -0.844. The fourth-order valence-electron chi connectivity index (χ4n) is 2.27. The molecule has 1 saturated heterocycles. The molecular formula is C15H19FN2O3. The van der Waals surface area contributed by atoms with E-state index in [0.29, 0.717) is 32.8 Å². The summed E-state index contributed by atoms with van der Waals surface area (Å²) in [7, 11) is 0. The second-order valence-electron chi connectivity index (χ2n) is 4.96. The van der Waals surface area contributed by atoms with Crippen molar-refractivity contribution < 1.29 is 18.7 Å². The number of carbonyl (C=O) groups excluding carboxylic acids is 2. The van der Waals surface area contributed by atoms with Crippen LogP contribution in [-0.2, 0) is 4.74 Å². The van der Waals surface area contributed by atoms with Crippen molar-refractivity contribution in [2.45, 2.75) is 13.8 Å². The summed E-state index contributed by atoms with van der Waals surface area (Å²) in [6.07, 6.45) is -0.369. The van der Waals surface area contributed by atoms with Gasteiger partial charge in [-0.2, -0.15) is 0 Å². The fraction of sp³-hybridized carbons (Fsp3) is 0.467. The third kappa shape index (κ3) is 3.51. The molecule has 1 aromatic rings. The standard InChI is InChI=1S/C15H19FN2O3/c1-3-21-15(20)18-8-6-17(7-9-18)14(19)12-5-4-11(2)10-13(12)16/h4-5,10H,3,6-9H2,1-2H3. The highest BCUT2D eigenvalue weighted by Gasteiger charge is 2.26. The quantitative estimate of drug-likeness (QED) is 0.839. The van der Waals surface area contributed by atoms with Gasteiger partial charge < -0.3 is 14.5 Å². The van der Waals surface area contributed by atoms with Gasteiger partial charge in [-0.3, -0.25) is 4.79 Å². The minimum atomic E-state index is -0.507. The van der Waals surface area contributed by atoms with Gasteiger partial charge in [-0.15, -0.1) is 0 Å². The number of hydrogen-bond donors (Lipinski definition) is 0. The normalized spacial score (nSPS) is 15.0. The van der Waals surface area contributed by atoms with Gasteiger partial charge in [0.15, 0.2) is 0 Å². The van der Waals surface area contributed by atoms with Crippen molar-refractivity contribution in [1.29, 1.82) is 0 Å². The number of amides is 2. The van der Waals surface area contributed by atoms with Crippen LogP contribution in [0.25, 0.3) is 0 Å². The molecule has 0 bridgehead atoms. The Bertz CT molecular complexity index is 540. The largest absolute Gasteiger partial charge is 0.450 e. The van der Waals surface area contributed by atoms with Crippen LogP contribution >= 0.6 is 0 Å². The molecule has 1 aromatic carbocycles. The van der Waals surface area contributed by atoms with Crippen LogP contribution in [0.3, 0.4) is 0 Å². The van der Waals surface area contributed by atoms with Gasteiger partial charge in [-0.1, -0.05) is 6.07 Å². The van der Waals surface area contributed by atoms with Crippen molar-refractivity contribution in [3.8, 4) is 0 Å². The van der Waals surface area contributed by atoms with E-state index < -0.39 is 5.82 Å². The summed E-state index contributed by atoms with van der Waals surface area (Å²) >= 11 is 0. The van der Waals surface area contributed by atoms with E-state index in [1.54, 1.807) is 29.7 Å². The lowest BCUT2D eigenvalue weighted by Crippen LogP contribution is -2.50. The van der Waals surface area contributed by atoms with Gasteiger partial charge in [0.1, 0.15) is 5.82 Å². The Kier molecular flexibility index (Phi) is 4.77. The van der Waals surface area contributed by atoms with E-state index in [1.165, 1.54) is 12.1 Å². The average molecular weight is 294 g/mol. The highest BCUT2D eigenvalue weighted by Crippen LogP contribution is 2.14. The first-order chi connectivity index (χ1) is 10.0. The molecule has 114 valence electrons. The highest BCUT2D eigenvalue weighted by atomic mass is 19.1. The number of ether oxygens (including phenoxy) is 1. The minimum absolute atomic E-state index is 0.0742. The molecule has 0 N–H and O–H groups in total. The number of halogens is 1. The summed E-state index contributed by atoms with van der Waals surface area (Å²) in [6.45, 7) is 5.41. The zero-order valence-corrected chi connectivity index (χ0v) is 12.3. The SMILES string of the molecule is CCOC(=O)N1CCN(C(=O)c2ccc(C)cc2F)CC1. The molecule has 2 amide bonds. The Morgan fingerprint density at radius 1 is 1.19 bits per heavy atom. The molecule has 0 spiro atoms. The number of piperazine rings is 1. The third-order valence-electron chi connectivity index (χ3n) is 3.45. The van der Waals surface area contributed by atoms with Gasteiger partial charge in [0.25, 0.3) is 5.91 Å². The lowest BCUT2D eigenvalue weighted by molar-refractivity contribution is 0.0566. The van der Waals surface area contributed by atoms with Crippen molar-refractivity contribution in [3.63, 3.8) is 0 Å². The number of carbonyl (C=O) groups is 2. The molecule has 5 nitrogen and oxygen atoms in total. The highest BCUT2D eigenvalue weighted by molar-refractivity contribution is 5.94. The molecule has 2 rings (SSSR count). The molecular weight excluding hydrogens is 275 g/mol. The summed E-state index contributed by atoms with van der Waals surface area (Å²) in [5, 5.41) is 0. The number of nitrogens with zero attached hydrogens (tertiary/aromatic N) is 2. The van der Waals surface area contributed by atoms with Crippen molar-refractivity contribution in [2.75, 3.05) is 32.8 Å². The third-order valence-corrected chi connectivity index (χ3v) is 3.45. The molecule has 1 heterocycles. The van der Waals surface area contributed by atoms with Crippen LogP contribution in [-0.4, -0.2) is 54.6 Å². The molecule has 0 unspecified atom stereocenters. The summed E-state index contributed by atoms with van der Waals surface area (Å²) < 4.78 is 18.7. The van der Waals surface area contributed by atoms with Crippen LogP contribution in [0.15, 0.2) is 18.2 Å². The van der Waals surface area contributed by atoms with E-state index in [2.05, 4.69) is 0 Å². The monoisotopic (exact) mass is 294 g/mol. The van der Waals surface area contributed by atoms with Crippen LogP contribution in [0.5, 0.6) is 0 Å². The summed E-state index contributed by atoms with van der Waals surface area (Å²) in [4.78, 5) is 27.0. The first-order valence-electron chi connectivity index (χ1n) is 7.00. The maximum Gasteiger partial charge on any atom is 0.409 e. The zero-order chi connectivity index (χ0) is 15.4. The van der Waals surface area contributed by atoms with Crippen LogP contribution < -0.4 is 0 Å². The van der Waals surface area contributed by atoms with Crippen LogP contribution in [0.4, 0.5) is 9.18 Å². The number of aryl methyl sites for hydroxylation is 1. The van der Waals surface area contributed by atoms with Crippen molar-refractivity contribution in [3.05, 3.63) is 35.1 Å². The molecule has 6 heteroatoms. The maximum atomic E-state index is 13.8. The van der Waals surface area contributed by atoms with Gasteiger partial charge in [0, 0.05) is 26.2 Å². The molecule has 0 aromatic heterocycles. The fourth-order valence-corrected chi connectivity index (χ4v) is 2.27. The number of benzene rings is 1. The Morgan fingerprint density at radius 2 is 1.81 bits per heavy atom. The average Bonchev–Trinajstić information content (AvgIpc) is 2.47. The van der Waals surface area contributed by atoms with Crippen LogP contribution in [0.2, 0.25) is 0 Å². The van der Waals surface area contributed by atoms with E-state index in [1.807, 2.05) is 0 Å².